The van der Waals surface area contributed by atoms with Crippen LogP contribution in [0.3, 0.4) is 0 Å². The molecule has 1 atom stereocenters. The molecule has 4 N–H and O–H groups in total. The lowest BCUT2D eigenvalue weighted by molar-refractivity contribution is 0.0692. The number of nitrogens with one attached hydrogen (secondary N) is 1. The normalized spacial score (nSPS) is 12.2. The maximum Gasteiger partial charge on any atom is 0.340 e. The molecule has 0 radical (unpaired) electrons. The predicted octanol–water partition coefficient (Wildman–Crippen LogP) is 0.597. The molecule has 6 heteroatoms. The van der Waals surface area contributed by atoms with Crippen molar-refractivity contribution in [1.29, 1.82) is 0 Å². The van der Waals surface area contributed by atoms with Gasteiger partial charge in [0.1, 0.15) is 11.4 Å². The molecule has 0 aromatic heterocycles. The number of aromatic carboxylic acids is 1. The van der Waals surface area contributed by atoms with Crippen LogP contribution in [-0.4, -0.2) is 40.5 Å². The van der Waals surface area contributed by atoms with Gasteiger partial charge in [-0.25, -0.2) is 9.18 Å². The third kappa shape index (κ3) is 3.15. The lowest BCUT2D eigenvalue weighted by atomic mass is 10.1. The smallest absolute Gasteiger partial charge is 0.340 e. The average Bonchev–Trinajstić information content (AvgIpc) is 2.28. The minimum absolute atomic E-state index is 0.0545. The van der Waals surface area contributed by atoms with Crippen molar-refractivity contribution in [3.05, 3.63) is 29.1 Å². The minimum Gasteiger partial charge on any atom is -0.478 e. The van der Waals surface area contributed by atoms with Gasteiger partial charge in [0.15, 0.2) is 0 Å². The molecule has 1 aromatic carbocycles. The van der Waals surface area contributed by atoms with Gasteiger partial charge in [-0.2, -0.15) is 0 Å². The molecule has 0 aliphatic rings. The van der Waals surface area contributed by atoms with Crippen LogP contribution in [0.4, 0.5) is 10.1 Å². The molecule has 17 heavy (non-hydrogen) atoms. The fourth-order valence-electron chi connectivity index (χ4n) is 1.40. The first-order valence-corrected chi connectivity index (χ1v) is 5.02. The van der Waals surface area contributed by atoms with Gasteiger partial charge in [-0.3, -0.25) is 0 Å². The molecule has 0 saturated carbocycles. The average molecular weight is 243 g/mol. The summed E-state index contributed by atoms with van der Waals surface area (Å²) in [5, 5.41) is 29.3. The first-order valence-electron chi connectivity index (χ1n) is 5.02. The quantitative estimate of drug-likeness (QED) is 0.608. The SMILES string of the molecule is Cc1ccc(F)c(C(=O)O)c1NCC(O)CO. The van der Waals surface area contributed by atoms with E-state index in [2.05, 4.69) is 5.32 Å². The molecule has 0 saturated heterocycles. The Morgan fingerprint density at radius 3 is 2.71 bits per heavy atom. The second-order valence-electron chi connectivity index (χ2n) is 3.64. The monoisotopic (exact) mass is 243 g/mol. The number of aliphatic hydroxyl groups excluding tert-OH is 2. The Balaban J connectivity index is 3.04. The van der Waals surface area contributed by atoms with Crippen molar-refractivity contribution in [3.63, 3.8) is 0 Å². The molecular formula is C11H14FNO4. The molecule has 0 heterocycles. The van der Waals surface area contributed by atoms with Crippen molar-refractivity contribution in [1.82, 2.24) is 0 Å². The molecule has 0 fully saturated rings. The van der Waals surface area contributed by atoms with E-state index < -0.39 is 30.1 Å². The topological polar surface area (TPSA) is 89.8 Å². The second kappa shape index (κ2) is 5.60. The van der Waals surface area contributed by atoms with Gasteiger partial charge in [0, 0.05) is 6.54 Å². The van der Waals surface area contributed by atoms with Crippen molar-refractivity contribution >= 4 is 11.7 Å². The van der Waals surface area contributed by atoms with Gasteiger partial charge in [-0.1, -0.05) is 6.07 Å². The Labute approximate surface area is 97.5 Å². The number of rotatable bonds is 5. The zero-order chi connectivity index (χ0) is 13.0. The summed E-state index contributed by atoms with van der Waals surface area (Å²) in [6.07, 6.45) is -1.03. The summed E-state index contributed by atoms with van der Waals surface area (Å²) >= 11 is 0. The van der Waals surface area contributed by atoms with Crippen molar-refractivity contribution in [2.24, 2.45) is 0 Å². The number of aliphatic hydroxyl groups is 2. The van der Waals surface area contributed by atoms with Crippen LogP contribution >= 0.6 is 0 Å². The summed E-state index contributed by atoms with van der Waals surface area (Å²) in [6, 6.07) is 2.52. The third-order valence-electron chi connectivity index (χ3n) is 2.30. The molecule has 5 nitrogen and oxygen atoms in total. The van der Waals surface area contributed by atoms with E-state index in [0.29, 0.717) is 5.56 Å². The Kier molecular flexibility index (Phi) is 4.42. The molecule has 0 bridgehead atoms. The Hall–Kier alpha value is -1.66. The van der Waals surface area contributed by atoms with Crippen molar-refractivity contribution in [2.75, 3.05) is 18.5 Å². The molecule has 1 aromatic rings. The molecule has 0 amide bonds. The molecule has 0 aliphatic carbocycles. The van der Waals surface area contributed by atoms with E-state index in [9.17, 15) is 9.18 Å². The Morgan fingerprint density at radius 2 is 2.18 bits per heavy atom. The molecule has 1 rings (SSSR count). The standard InChI is InChI=1S/C11H14FNO4/c1-6-2-3-8(12)9(11(16)17)10(6)13-4-7(15)5-14/h2-3,7,13-15H,4-5H2,1H3,(H,16,17). The van der Waals surface area contributed by atoms with Gasteiger partial charge in [0.25, 0.3) is 0 Å². The lowest BCUT2D eigenvalue weighted by Gasteiger charge is -2.15. The van der Waals surface area contributed by atoms with Crippen LogP contribution < -0.4 is 5.32 Å². The van der Waals surface area contributed by atoms with E-state index in [1.54, 1.807) is 6.92 Å². The first-order chi connectivity index (χ1) is 7.97. The number of anilines is 1. The number of aryl methyl sites for hydroxylation is 1. The van der Waals surface area contributed by atoms with Crippen molar-refractivity contribution in [2.45, 2.75) is 13.0 Å². The van der Waals surface area contributed by atoms with E-state index >= 15 is 0 Å². The van der Waals surface area contributed by atoms with Gasteiger partial charge in [-0.15, -0.1) is 0 Å². The number of benzene rings is 1. The molecule has 0 aliphatic heterocycles. The van der Waals surface area contributed by atoms with Crippen LogP contribution in [-0.2, 0) is 0 Å². The third-order valence-corrected chi connectivity index (χ3v) is 2.30. The van der Waals surface area contributed by atoms with E-state index in [1.807, 2.05) is 0 Å². The van der Waals surface area contributed by atoms with Gasteiger partial charge in [-0.05, 0) is 18.6 Å². The fourth-order valence-corrected chi connectivity index (χ4v) is 1.40. The minimum atomic E-state index is -1.38. The fraction of sp³-hybridized carbons (Fsp3) is 0.364. The van der Waals surface area contributed by atoms with Crippen LogP contribution in [0, 0.1) is 12.7 Å². The highest BCUT2D eigenvalue weighted by Gasteiger charge is 2.18. The van der Waals surface area contributed by atoms with Gasteiger partial charge >= 0.3 is 5.97 Å². The van der Waals surface area contributed by atoms with Gasteiger partial charge in [0.05, 0.1) is 18.4 Å². The summed E-state index contributed by atoms with van der Waals surface area (Å²) < 4.78 is 13.4. The van der Waals surface area contributed by atoms with Crippen LogP contribution in [0.1, 0.15) is 15.9 Å². The predicted molar refractivity (Wildman–Crippen MR) is 59.7 cm³/mol. The summed E-state index contributed by atoms with van der Waals surface area (Å²) in [5.74, 6) is -2.23. The number of carbonyl (C=O) groups is 1. The van der Waals surface area contributed by atoms with E-state index in [4.69, 9.17) is 15.3 Å². The van der Waals surface area contributed by atoms with Gasteiger partial charge in [0.2, 0.25) is 0 Å². The molecular weight excluding hydrogens is 229 g/mol. The number of halogens is 1. The summed E-state index contributed by atoms with van der Waals surface area (Å²) in [5.41, 5.74) is 0.203. The van der Waals surface area contributed by atoms with Crippen LogP contribution in [0.2, 0.25) is 0 Å². The van der Waals surface area contributed by atoms with E-state index in [-0.39, 0.29) is 12.2 Å². The zero-order valence-electron chi connectivity index (χ0n) is 9.27. The second-order valence-corrected chi connectivity index (χ2v) is 3.64. The maximum atomic E-state index is 13.4. The summed E-state index contributed by atoms with van der Waals surface area (Å²) in [7, 11) is 0. The Bertz CT molecular complexity index is 422. The maximum absolute atomic E-state index is 13.4. The Morgan fingerprint density at radius 1 is 1.53 bits per heavy atom. The van der Waals surface area contributed by atoms with Crippen molar-refractivity contribution < 1.29 is 24.5 Å². The summed E-state index contributed by atoms with van der Waals surface area (Å²) in [6.45, 7) is 1.12. The number of carboxylic acids is 1. The molecule has 1 unspecified atom stereocenters. The zero-order valence-corrected chi connectivity index (χ0v) is 9.27. The van der Waals surface area contributed by atoms with Crippen LogP contribution in [0.25, 0.3) is 0 Å². The largest absolute Gasteiger partial charge is 0.478 e. The van der Waals surface area contributed by atoms with E-state index in [1.165, 1.54) is 6.07 Å². The number of hydrogen-bond acceptors (Lipinski definition) is 4. The van der Waals surface area contributed by atoms with Gasteiger partial charge < -0.3 is 20.6 Å². The van der Waals surface area contributed by atoms with Crippen molar-refractivity contribution in [3.8, 4) is 0 Å². The highest BCUT2D eigenvalue weighted by molar-refractivity contribution is 5.95. The molecule has 0 spiro atoms. The van der Waals surface area contributed by atoms with E-state index in [0.717, 1.165) is 6.07 Å². The number of carboxylic acid groups (broad SMARTS) is 1. The summed E-state index contributed by atoms with van der Waals surface area (Å²) in [4.78, 5) is 10.9. The lowest BCUT2D eigenvalue weighted by Crippen LogP contribution is -2.24. The van der Waals surface area contributed by atoms with Crippen LogP contribution in [0.15, 0.2) is 12.1 Å². The van der Waals surface area contributed by atoms with Crippen LogP contribution in [0.5, 0.6) is 0 Å². The molecule has 94 valence electrons. The first kappa shape index (κ1) is 13.4. The highest BCUT2D eigenvalue weighted by Crippen LogP contribution is 2.23. The number of hydrogen-bond donors (Lipinski definition) is 4. The highest BCUT2D eigenvalue weighted by atomic mass is 19.1.